The van der Waals surface area contributed by atoms with E-state index < -0.39 is 8.34 Å². The molecule has 0 bridgehead atoms. The van der Waals surface area contributed by atoms with Crippen molar-refractivity contribution in [3.63, 3.8) is 0 Å². The summed E-state index contributed by atoms with van der Waals surface area (Å²) in [4.78, 5) is 0. The maximum atomic E-state index is 8.40. The Morgan fingerprint density at radius 2 is 1.44 bits per heavy atom. The normalized spacial score (nSPS) is 16.4. The fourth-order valence-corrected chi connectivity index (χ4v) is 2.34. The van der Waals surface area contributed by atoms with Crippen molar-refractivity contribution in [1.82, 2.24) is 0 Å². The van der Waals surface area contributed by atoms with E-state index in [0.29, 0.717) is 0 Å². The van der Waals surface area contributed by atoms with Crippen molar-refractivity contribution < 1.29 is 9.13 Å². The molecular weight excluding hydrogens is 150 g/mol. The lowest BCUT2D eigenvalue weighted by molar-refractivity contribution is 0.531. The first-order valence-corrected chi connectivity index (χ1v) is 5.67. The summed E-state index contributed by atoms with van der Waals surface area (Å²) >= 11 is 0.905. The lowest BCUT2D eigenvalue weighted by Gasteiger charge is -2.04. The molecule has 1 rings (SSSR count). The lowest BCUT2D eigenvalue weighted by Crippen LogP contribution is -1.94. The van der Waals surface area contributed by atoms with Crippen molar-refractivity contribution in [1.29, 1.82) is 0 Å². The van der Waals surface area contributed by atoms with Crippen LogP contribution in [0.5, 0.6) is 0 Å². The second kappa shape index (κ2) is 8.43. The van der Waals surface area contributed by atoms with Gasteiger partial charge in [0.2, 0.25) is 0 Å². The van der Waals surface area contributed by atoms with Crippen LogP contribution < -0.4 is 0 Å². The summed E-state index contributed by atoms with van der Waals surface area (Å²) in [7, 11) is -1.42. The van der Waals surface area contributed by atoms with Gasteiger partial charge in [0.25, 0.3) is 0 Å². The van der Waals surface area contributed by atoms with Crippen LogP contribution in [-0.2, 0) is 9.13 Å². The van der Waals surface area contributed by atoms with Gasteiger partial charge in [0.1, 0.15) is 0 Å². The van der Waals surface area contributed by atoms with Gasteiger partial charge < -0.3 is 0 Å². The van der Waals surface area contributed by atoms with E-state index in [2.05, 4.69) is 0 Å². The molecule has 2 nitrogen and oxygen atoms in total. The molecule has 4 heteroatoms. The van der Waals surface area contributed by atoms with Crippen molar-refractivity contribution >= 4 is 23.6 Å². The molecule has 0 aromatic heterocycles. The summed E-state index contributed by atoms with van der Waals surface area (Å²) in [5, 5.41) is 3.17. The Kier molecular flexibility index (Phi) is 8.84. The summed E-state index contributed by atoms with van der Waals surface area (Å²) in [6, 6.07) is 0. The van der Waals surface area contributed by atoms with Crippen LogP contribution in [0.4, 0.5) is 0 Å². The molecule has 9 heavy (non-hydrogen) atoms. The molecule has 0 unspecified atom stereocenters. The highest BCUT2D eigenvalue weighted by molar-refractivity contribution is 7.08. The van der Waals surface area contributed by atoms with Crippen LogP contribution >= 0.6 is 8.34 Å². The molecule has 51 valence electrons. The average Bonchev–Trinajstić information content (AvgIpc) is 1.93. The van der Waals surface area contributed by atoms with E-state index in [1.165, 1.54) is 19.3 Å². The molecule has 0 N–H and O–H groups in total. The second-order valence-electron chi connectivity index (χ2n) is 2.01. The van der Waals surface area contributed by atoms with E-state index >= 15 is 0 Å². The fourth-order valence-electron chi connectivity index (χ4n) is 0.898. The van der Waals surface area contributed by atoms with E-state index in [0.717, 1.165) is 15.2 Å². The average molecular weight is 161 g/mol. The third kappa shape index (κ3) is 8.43. The van der Waals surface area contributed by atoms with E-state index in [4.69, 9.17) is 9.13 Å². The maximum absolute atomic E-state index is 8.40. The van der Waals surface area contributed by atoms with Crippen molar-refractivity contribution in [2.45, 2.75) is 29.8 Å². The van der Waals surface area contributed by atoms with Crippen molar-refractivity contribution in [2.75, 3.05) is 0 Å². The Bertz CT molecular complexity index is 75.4. The minimum absolute atomic E-state index is 0.905. The standard InChI is InChI=1S/C5H10.Al.HO2P/c1-3-5-4-2;;1-3-2/h1-5H2;;3H. The maximum Gasteiger partial charge on any atom is 0.303 e. The van der Waals surface area contributed by atoms with Gasteiger partial charge in [0, 0.05) is 0 Å². The highest BCUT2D eigenvalue weighted by Crippen LogP contribution is 2.10. The molecule has 1 aliphatic heterocycles. The van der Waals surface area contributed by atoms with E-state index in [9.17, 15) is 0 Å². The third-order valence-corrected chi connectivity index (χ3v) is 2.95. The van der Waals surface area contributed by atoms with Crippen molar-refractivity contribution in [3.8, 4) is 0 Å². The zero-order valence-electron chi connectivity index (χ0n) is 5.43. The van der Waals surface area contributed by atoms with Gasteiger partial charge in [-0.05, 0) is 0 Å². The zero-order chi connectivity index (χ0) is 6.95. The van der Waals surface area contributed by atoms with Gasteiger partial charge >= 0.3 is 8.34 Å². The number of rotatable bonds is 0. The molecule has 1 radical (unpaired) electrons. The lowest BCUT2D eigenvalue weighted by atomic mass is 10.3. The smallest absolute Gasteiger partial charge is 0.241 e. The quantitative estimate of drug-likeness (QED) is 0.402. The van der Waals surface area contributed by atoms with Crippen LogP contribution in [0.3, 0.4) is 0 Å². The summed E-state index contributed by atoms with van der Waals surface area (Å²) in [5.41, 5.74) is 0. The number of hydrogen-bond acceptors (Lipinski definition) is 2. The van der Waals surface area contributed by atoms with Crippen LogP contribution in [0.2, 0.25) is 10.6 Å². The highest BCUT2D eigenvalue weighted by Gasteiger charge is 1.98. The largest absolute Gasteiger partial charge is 0.303 e. The van der Waals surface area contributed by atoms with Crippen LogP contribution in [0.1, 0.15) is 19.3 Å². The Balaban J connectivity index is 0.000000187. The predicted molar refractivity (Wildman–Crippen MR) is 38.9 cm³/mol. The highest BCUT2D eigenvalue weighted by atomic mass is 31.0. The first kappa shape index (κ1) is 9.43. The molecule has 0 aromatic carbocycles. The molecule has 0 saturated carbocycles. The molecule has 0 aliphatic carbocycles. The molecule has 1 aliphatic rings. The van der Waals surface area contributed by atoms with Gasteiger partial charge in [-0.2, -0.15) is 0 Å². The van der Waals surface area contributed by atoms with E-state index in [1.807, 2.05) is 0 Å². The number of hydrogen-bond donors (Lipinski definition) is 0. The third-order valence-electron chi connectivity index (χ3n) is 1.32. The van der Waals surface area contributed by atoms with Gasteiger partial charge in [-0.25, -0.2) is 9.13 Å². The van der Waals surface area contributed by atoms with Gasteiger partial charge in [-0.1, -0.05) is 19.3 Å². The molecule has 0 atom stereocenters. The Hall–Kier alpha value is 0.432. The topological polar surface area (TPSA) is 34.1 Å². The second-order valence-corrected chi connectivity index (χ2v) is 3.91. The first-order chi connectivity index (χ1) is 4.41. The van der Waals surface area contributed by atoms with Crippen LogP contribution in [0.25, 0.3) is 0 Å². The SMILES string of the molecule is C1C[CH2][Al][CH2]C1.O=[PH]=O. The Labute approximate surface area is 63.0 Å². The van der Waals surface area contributed by atoms with Gasteiger partial charge in [0.15, 0.2) is 15.2 Å². The Morgan fingerprint density at radius 3 is 1.56 bits per heavy atom. The predicted octanol–water partition coefficient (Wildman–Crippen LogP) is 2.07. The summed E-state index contributed by atoms with van der Waals surface area (Å²) < 4.78 is 16.8. The zero-order valence-corrected chi connectivity index (χ0v) is 7.58. The monoisotopic (exact) mass is 161 g/mol. The molecule has 1 heterocycles. The van der Waals surface area contributed by atoms with E-state index in [-0.39, 0.29) is 0 Å². The fraction of sp³-hybridized carbons (Fsp3) is 1.00. The minimum atomic E-state index is -1.42. The van der Waals surface area contributed by atoms with Crippen LogP contribution in [0.15, 0.2) is 0 Å². The van der Waals surface area contributed by atoms with E-state index in [1.54, 1.807) is 10.6 Å². The van der Waals surface area contributed by atoms with Crippen molar-refractivity contribution in [2.24, 2.45) is 0 Å². The minimum Gasteiger partial charge on any atom is -0.241 e. The molecule has 1 fully saturated rings. The Morgan fingerprint density at radius 1 is 1.00 bits per heavy atom. The molecular formula is C5H11AlO2P. The summed E-state index contributed by atoms with van der Waals surface area (Å²) in [6.07, 6.45) is 4.59. The molecule has 1 saturated heterocycles. The molecule has 0 aromatic rings. The van der Waals surface area contributed by atoms with Crippen LogP contribution in [0, 0.1) is 0 Å². The van der Waals surface area contributed by atoms with Gasteiger partial charge in [-0.15, -0.1) is 10.6 Å². The summed E-state index contributed by atoms with van der Waals surface area (Å²) in [6.45, 7) is 0. The van der Waals surface area contributed by atoms with Crippen LogP contribution in [-0.4, -0.2) is 15.2 Å². The van der Waals surface area contributed by atoms with Gasteiger partial charge in [-0.3, -0.25) is 0 Å². The molecule has 0 amide bonds. The first-order valence-electron chi connectivity index (χ1n) is 3.22. The summed E-state index contributed by atoms with van der Waals surface area (Å²) in [5.74, 6) is 0. The van der Waals surface area contributed by atoms with Crippen molar-refractivity contribution in [3.05, 3.63) is 0 Å². The van der Waals surface area contributed by atoms with Gasteiger partial charge in [0.05, 0.1) is 0 Å². The molecule has 0 spiro atoms.